The Morgan fingerprint density at radius 2 is 1.79 bits per heavy atom. The Kier molecular flexibility index (Phi) is 6.21. The van der Waals surface area contributed by atoms with Gasteiger partial charge in [0.25, 0.3) is 5.91 Å². The number of likely N-dealkylation sites (N-methyl/N-ethyl adjacent to an activating group) is 1. The molecule has 2 N–H and O–H groups in total. The third-order valence-electron chi connectivity index (χ3n) is 3.37. The normalized spacial score (nSPS) is 11.5. The second kappa shape index (κ2) is 8.36. The lowest BCUT2D eigenvalue weighted by atomic mass is 10.1. The van der Waals surface area contributed by atoms with Crippen LogP contribution in [-0.2, 0) is 16.0 Å². The highest BCUT2D eigenvalue weighted by Gasteiger charge is 2.16. The van der Waals surface area contributed by atoms with Gasteiger partial charge in [-0.05, 0) is 36.8 Å². The maximum Gasteiger partial charge on any atom is 0.265 e. The van der Waals surface area contributed by atoms with E-state index >= 15 is 0 Å². The Morgan fingerprint density at radius 3 is 2.42 bits per heavy atom. The van der Waals surface area contributed by atoms with E-state index < -0.39 is 6.10 Å². The van der Waals surface area contributed by atoms with E-state index in [-0.39, 0.29) is 11.8 Å². The van der Waals surface area contributed by atoms with Gasteiger partial charge in [-0.25, -0.2) is 0 Å². The fourth-order valence-electron chi connectivity index (χ4n) is 2.01. The minimum absolute atomic E-state index is 0.0615. The number of amides is 2. The molecule has 0 aliphatic heterocycles. The van der Waals surface area contributed by atoms with E-state index in [9.17, 15) is 9.59 Å². The number of carbonyl (C=O) groups excluding carboxylic acids is 2. The molecule has 0 radical (unpaired) electrons. The van der Waals surface area contributed by atoms with Crippen LogP contribution in [0.25, 0.3) is 0 Å². The lowest BCUT2D eigenvalue weighted by Crippen LogP contribution is -2.30. The van der Waals surface area contributed by atoms with E-state index in [1.54, 1.807) is 62.5 Å². The second-order valence-electron chi connectivity index (χ2n) is 5.23. The van der Waals surface area contributed by atoms with E-state index in [2.05, 4.69) is 10.6 Å². The predicted molar refractivity (Wildman–Crippen MR) is 94.4 cm³/mol. The van der Waals surface area contributed by atoms with Crippen molar-refractivity contribution in [1.29, 1.82) is 0 Å². The molecule has 0 aromatic heterocycles. The maximum absolute atomic E-state index is 12.2. The van der Waals surface area contributed by atoms with E-state index in [1.807, 2.05) is 0 Å². The van der Waals surface area contributed by atoms with Gasteiger partial charge < -0.3 is 15.4 Å². The van der Waals surface area contributed by atoms with Gasteiger partial charge in [0.15, 0.2) is 6.10 Å². The Morgan fingerprint density at radius 1 is 1.12 bits per heavy atom. The van der Waals surface area contributed by atoms with Crippen LogP contribution in [0.4, 0.5) is 5.69 Å². The summed E-state index contributed by atoms with van der Waals surface area (Å²) in [6.07, 6.45) is -0.396. The van der Waals surface area contributed by atoms with Gasteiger partial charge in [0, 0.05) is 12.7 Å². The molecule has 2 aromatic carbocycles. The molecule has 0 bridgehead atoms. The summed E-state index contributed by atoms with van der Waals surface area (Å²) in [5.41, 5.74) is 1.50. The molecule has 0 heterocycles. The highest BCUT2D eigenvalue weighted by molar-refractivity contribution is 6.32. The van der Waals surface area contributed by atoms with Crippen LogP contribution in [0.1, 0.15) is 12.5 Å². The largest absolute Gasteiger partial charge is 0.479 e. The van der Waals surface area contributed by atoms with Crippen molar-refractivity contribution in [2.75, 3.05) is 12.4 Å². The molecule has 126 valence electrons. The zero-order chi connectivity index (χ0) is 17.5. The van der Waals surface area contributed by atoms with E-state index in [4.69, 9.17) is 16.3 Å². The monoisotopic (exact) mass is 346 g/mol. The molecule has 2 aromatic rings. The first-order valence-corrected chi connectivity index (χ1v) is 7.89. The zero-order valence-corrected chi connectivity index (χ0v) is 14.3. The third kappa shape index (κ3) is 4.99. The summed E-state index contributed by atoms with van der Waals surface area (Å²) < 4.78 is 5.57. The molecule has 1 unspecified atom stereocenters. The van der Waals surface area contributed by atoms with Crippen LogP contribution < -0.4 is 15.4 Å². The molecule has 5 nitrogen and oxygen atoms in total. The van der Waals surface area contributed by atoms with Crippen molar-refractivity contribution in [2.24, 2.45) is 0 Å². The average molecular weight is 347 g/mol. The molecular weight excluding hydrogens is 328 g/mol. The van der Waals surface area contributed by atoms with Gasteiger partial charge in [0.1, 0.15) is 5.75 Å². The van der Waals surface area contributed by atoms with Crippen LogP contribution in [-0.4, -0.2) is 25.0 Å². The molecule has 6 heteroatoms. The van der Waals surface area contributed by atoms with Gasteiger partial charge in [0.05, 0.1) is 11.4 Å². The first-order chi connectivity index (χ1) is 11.5. The van der Waals surface area contributed by atoms with Crippen molar-refractivity contribution in [3.05, 3.63) is 59.1 Å². The Bertz CT molecular complexity index is 716. The van der Waals surface area contributed by atoms with Gasteiger partial charge in [-0.1, -0.05) is 35.9 Å². The average Bonchev–Trinajstić information content (AvgIpc) is 2.58. The van der Waals surface area contributed by atoms with Crippen LogP contribution >= 0.6 is 11.6 Å². The van der Waals surface area contributed by atoms with E-state index in [0.717, 1.165) is 5.56 Å². The van der Waals surface area contributed by atoms with Gasteiger partial charge in [-0.2, -0.15) is 0 Å². The third-order valence-corrected chi connectivity index (χ3v) is 3.69. The van der Waals surface area contributed by atoms with Crippen molar-refractivity contribution >= 4 is 29.1 Å². The fraction of sp³-hybridized carbons (Fsp3) is 0.222. The minimum Gasteiger partial charge on any atom is -0.479 e. The number of benzene rings is 2. The van der Waals surface area contributed by atoms with Crippen LogP contribution in [0.2, 0.25) is 5.02 Å². The standard InChI is InChI=1S/C18H19ClN2O3/c1-12(24-16-6-4-3-5-15(16)19)18(23)21-14-9-7-13(8-10-14)11-17(22)20-2/h3-10,12H,11H2,1-2H3,(H,20,22)(H,21,23). The number of para-hydroxylation sites is 1. The summed E-state index contributed by atoms with van der Waals surface area (Å²) in [6, 6.07) is 14.1. The summed E-state index contributed by atoms with van der Waals surface area (Å²) >= 11 is 6.01. The maximum atomic E-state index is 12.2. The molecule has 0 aliphatic carbocycles. The van der Waals surface area contributed by atoms with Gasteiger partial charge in [-0.3, -0.25) is 9.59 Å². The van der Waals surface area contributed by atoms with Crippen molar-refractivity contribution in [2.45, 2.75) is 19.4 Å². The Labute approximate surface area is 146 Å². The number of rotatable bonds is 6. The smallest absolute Gasteiger partial charge is 0.265 e. The minimum atomic E-state index is -0.699. The number of hydrogen-bond acceptors (Lipinski definition) is 3. The van der Waals surface area contributed by atoms with Gasteiger partial charge in [-0.15, -0.1) is 0 Å². The van der Waals surface area contributed by atoms with Gasteiger partial charge >= 0.3 is 0 Å². The van der Waals surface area contributed by atoms with Crippen LogP contribution in [0, 0.1) is 0 Å². The SMILES string of the molecule is CNC(=O)Cc1ccc(NC(=O)C(C)Oc2ccccc2Cl)cc1. The molecule has 2 rings (SSSR count). The van der Waals surface area contributed by atoms with Gasteiger partial charge in [0.2, 0.25) is 5.91 Å². The number of carbonyl (C=O) groups is 2. The lowest BCUT2D eigenvalue weighted by Gasteiger charge is -2.15. The fourth-order valence-corrected chi connectivity index (χ4v) is 2.19. The second-order valence-corrected chi connectivity index (χ2v) is 5.63. The summed E-state index contributed by atoms with van der Waals surface area (Å²) in [5, 5.41) is 5.79. The highest BCUT2D eigenvalue weighted by Crippen LogP contribution is 2.24. The predicted octanol–water partition coefficient (Wildman–Crippen LogP) is 3.03. The van der Waals surface area contributed by atoms with Crippen molar-refractivity contribution in [3.8, 4) is 5.75 Å². The summed E-state index contributed by atoms with van der Waals surface area (Å²) in [7, 11) is 1.59. The molecule has 0 saturated heterocycles. The molecular formula is C18H19ClN2O3. The van der Waals surface area contributed by atoms with E-state index in [0.29, 0.717) is 22.9 Å². The van der Waals surface area contributed by atoms with Crippen molar-refractivity contribution in [1.82, 2.24) is 5.32 Å². The Balaban J connectivity index is 1.94. The number of halogens is 1. The lowest BCUT2D eigenvalue weighted by molar-refractivity contribution is -0.122. The van der Waals surface area contributed by atoms with Crippen molar-refractivity contribution in [3.63, 3.8) is 0 Å². The number of ether oxygens (including phenoxy) is 1. The first kappa shape index (κ1) is 17.8. The Hall–Kier alpha value is -2.53. The zero-order valence-electron chi connectivity index (χ0n) is 13.5. The molecule has 0 spiro atoms. The molecule has 2 amide bonds. The molecule has 0 saturated carbocycles. The van der Waals surface area contributed by atoms with Crippen LogP contribution in [0.5, 0.6) is 5.75 Å². The molecule has 0 aliphatic rings. The van der Waals surface area contributed by atoms with Crippen molar-refractivity contribution < 1.29 is 14.3 Å². The summed E-state index contributed by atoms with van der Waals surface area (Å²) in [4.78, 5) is 23.5. The molecule has 0 fully saturated rings. The number of hydrogen-bond donors (Lipinski definition) is 2. The van der Waals surface area contributed by atoms with Crippen LogP contribution in [0.3, 0.4) is 0 Å². The summed E-state index contributed by atoms with van der Waals surface area (Å²) in [5.74, 6) is 0.116. The first-order valence-electron chi connectivity index (χ1n) is 7.51. The topological polar surface area (TPSA) is 67.4 Å². The quantitative estimate of drug-likeness (QED) is 0.844. The van der Waals surface area contributed by atoms with Crippen LogP contribution in [0.15, 0.2) is 48.5 Å². The highest BCUT2D eigenvalue weighted by atomic mass is 35.5. The molecule has 24 heavy (non-hydrogen) atoms. The number of anilines is 1. The summed E-state index contributed by atoms with van der Waals surface area (Å²) in [6.45, 7) is 1.65. The molecule has 1 atom stereocenters. The number of nitrogens with one attached hydrogen (secondary N) is 2. The van der Waals surface area contributed by atoms with E-state index in [1.165, 1.54) is 0 Å².